The molecule has 0 saturated carbocycles. The minimum atomic E-state index is -0.303. The number of carbonyl (C=O) groups excluding carboxylic acids is 1. The Morgan fingerprint density at radius 1 is 1.22 bits per heavy atom. The number of nitrogens with zero attached hydrogens (tertiary/aromatic N) is 5. The van der Waals surface area contributed by atoms with Crippen molar-refractivity contribution in [3.8, 4) is 6.07 Å². The Morgan fingerprint density at radius 2 is 2.00 bits per heavy atom. The van der Waals surface area contributed by atoms with E-state index in [1.54, 1.807) is 31.6 Å². The van der Waals surface area contributed by atoms with Gasteiger partial charge in [-0.3, -0.25) is 14.6 Å². The predicted octanol–water partition coefficient (Wildman–Crippen LogP) is 1.75. The van der Waals surface area contributed by atoms with Crippen molar-refractivity contribution >= 4 is 16.7 Å². The highest BCUT2D eigenvalue weighted by Gasteiger charge is 2.15. The first-order chi connectivity index (χ1) is 13.1. The Hall–Kier alpha value is -3.53. The molecule has 3 aromatic rings. The van der Waals surface area contributed by atoms with Crippen LogP contribution in [-0.4, -0.2) is 39.2 Å². The summed E-state index contributed by atoms with van der Waals surface area (Å²) in [6.07, 6.45) is 4.21. The third kappa shape index (κ3) is 4.18. The number of fused-ring (bicyclic) bond motifs is 1. The van der Waals surface area contributed by atoms with Gasteiger partial charge in [0.1, 0.15) is 6.54 Å². The van der Waals surface area contributed by atoms with Crippen LogP contribution in [0.5, 0.6) is 0 Å². The van der Waals surface area contributed by atoms with E-state index in [1.165, 1.54) is 9.58 Å². The van der Waals surface area contributed by atoms with Gasteiger partial charge in [0.15, 0.2) is 0 Å². The summed E-state index contributed by atoms with van der Waals surface area (Å²) in [5.74, 6) is -0.262. The molecule has 0 atom stereocenters. The molecule has 0 radical (unpaired) electrons. The van der Waals surface area contributed by atoms with E-state index in [0.717, 1.165) is 10.9 Å². The fourth-order valence-electron chi connectivity index (χ4n) is 2.83. The van der Waals surface area contributed by atoms with Crippen LogP contribution in [-0.2, 0) is 17.8 Å². The standard InChI is InChI=1S/C20H19N5O2/c1-24(11-5-9-21)19(26)14-25-20(27)17-8-3-2-7-16(17)18(23-25)12-15-6-4-10-22-13-15/h2-4,6-8,10,13H,5,11-12,14H2,1H3. The summed E-state index contributed by atoms with van der Waals surface area (Å²) < 4.78 is 1.21. The van der Waals surface area contributed by atoms with Gasteiger partial charge in [0.05, 0.1) is 23.6 Å². The van der Waals surface area contributed by atoms with Crippen LogP contribution in [0, 0.1) is 11.3 Å². The van der Waals surface area contributed by atoms with Crippen LogP contribution in [0.2, 0.25) is 0 Å². The number of amides is 1. The number of hydrogen-bond acceptors (Lipinski definition) is 5. The van der Waals surface area contributed by atoms with Gasteiger partial charge in [0, 0.05) is 37.8 Å². The van der Waals surface area contributed by atoms with E-state index >= 15 is 0 Å². The molecule has 2 aromatic heterocycles. The summed E-state index contributed by atoms with van der Waals surface area (Å²) in [6.45, 7) is 0.159. The van der Waals surface area contributed by atoms with Crippen LogP contribution in [0.1, 0.15) is 17.7 Å². The van der Waals surface area contributed by atoms with Crippen molar-refractivity contribution in [3.05, 3.63) is 70.4 Å². The number of rotatable bonds is 6. The van der Waals surface area contributed by atoms with Gasteiger partial charge in [0.2, 0.25) is 5.91 Å². The van der Waals surface area contributed by atoms with Gasteiger partial charge in [-0.25, -0.2) is 4.68 Å². The SMILES string of the molecule is CN(CCC#N)C(=O)Cn1nc(Cc2cccnc2)c2ccccc2c1=O. The van der Waals surface area contributed by atoms with Crippen LogP contribution in [0.25, 0.3) is 10.8 Å². The van der Waals surface area contributed by atoms with Gasteiger partial charge in [-0.2, -0.15) is 10.4 Å². The lowest BCUT2D eigenvalue weighted by Gasteiger charge is -2.17. The highest BCUT2D eigenvalue weighted by molar-refractivity contribution is 5.84. The Labute approximate surface area is 156 Å². The van der Waals surface area contributed by atoms with E-state index in [0.29, 0.717) is 24.0 Å². The molecule has 0 bridgehead atoms. The third-order valence-electron chi connectivity index (χ3n) is 4.31. The molecule has 1 aromatic carbocycles. The van der Waals surface area contributed by atoms with Gasteiger partial charge in [-0.05, 0) is 17.7 Å². The topological polar surface area (TPSA) is 91.9 Å². The normalized spacial score (nSPS) is 10.5. The number of likely N-dealkylation sites (N-methyl/N-ethyl adjacent to an activating group) is 1. The molecular formula is C20H19N5O2. The number of pyridine rings is 1. The van der Waals surface area contributed by atoms with Crippen molar-refractivity contribution in [2.45, 2.75) is 19.4 Å². The van der Waals surface area contributed by atoms with E-state index in [-0.39, 0.29) is 24.4 Å². The summed E-state index contributed by atoms with van der Waals surface area (Å²) in [6, 6.07) is 13.1. The predicted molar refractivity (Wildman–Crippen MR) is 101 cm³/mol. The second-order valence-electron chi connectivity index (χ2n) is 6.22. The van der Waals surface area contributed by atoms with E-state index in [4.69, 9.17) is 5.26 Å². The van der Waals surface area contributed by atoms with Crippen LogP contribution < -0.4 is 5.56 Å². The molecule has 0 fully saturated rings. The molecule has 2 heterocycles. The molecule has 27 heavy (non-hydrogen) atoms. The van der Waals surface area contributed by atoms with Crippen LogP contribution in [0.4, 0.5) is 0 Å². The first-order valence-electron chi connectivity index (χ1n) is 8.58. The third-order valence-corrected chi connectivity index (χ3v) is 4.31. The fraction of sp³-hybridized carbons (Fsp3) is 0.250. The molecule has 0 aliphatic heterocycles. The minimum absolute atomic E-state index is 0.161. The summed E-state index contributed by atoms with van der Waals surface area (Å²) in [5.41, 5.74) is 1.38. The second kappa shape index (κ2) is 8.23. The highest BCUT2D eigenvalue weighted by Crippen LogP contribution is 2.16. The lowest BCUT2D eigenvalue weighted by molar-refractivity contribution is -0.130. The molecule has 7 nitrogen and oxygen atoms in total. The maximum atomic E-state index is 12.8. The maximum Gasteiger partial charge on any atom is 0.275 e. The average Bonchev–Trinajstić information content (AvgIpc) is 2.70. The number of aromatic nitrogens is 3. The van der Waals surface area contributed by atoms with Gasteiger partial charge < -0.3 is 4.90 Å². The van der Waals surface area contributed by atoms with Crippen molar-refractivity contribution in [2.24, 2.45) is 0 Å². The van der Waals surface area contributed by atoms with Crippen molar-refractivity contribution in [1.82, 2.24) is 19.7 Å². The van der Waals surface area contributed by atoms with E-state index in [2.05, 4.69) is 10.1 Å². The van der Waals surface area contributed by atoms with Gasteiger partial charge in [-0.1, -0.05) is 24.3 Å². The van der Waals surface area contributed by atoms with Crippen LogP contribution in [0.3, 0.4) is 0 Å². The van der Waals surface area contributed by atoms with E-state index < -0.39 is 0 Å². The molecular weight excluding hydrogens is 342 g/mol. The zero-order valence-corrected chi connectivity index (χ0v) is 15.0. The molecule has 1 amide bonds. The summed E-state index contributed by atoms with van der Waals surface area (Å²) in [7, 11) is 1.61. The first-order valence-corrected chi connectivity index (χ1v) is 8.58. The molecule has 0 spiro atoms. The van der Waals surface area contributed by atoms with E-state index in [1.807, 2.05) is 30.3 Å². The Morgan fingerprint density at radius 3 is 2.70 bits per heavy atom. The Bertz CT molecular complexity index is 1050. The Kier molecular flexibility index (Phi) is 5.57. The number of nitriles is 1. The molecule has 7 heteroatoms. The van der Waals surface area contributed by atoms with Gasteiger partial charge in [-0.15, -0.1) is 0 Å². The summed E-state index contributed by atoms with van der Waals surface area (Å²) >= 11 is 0. The maximum absolute atomic E-state index is 12.8. The Balaban J connectivity index is 1.98. The van der Waals surface area contributed by atoms with Crippen molar-refractivity contribution in [2.75, 3.05) is 13.6 Å². The molecule has 0 saturated heterocycles. The van der Waals surface area contributed by atoms with Gasteiger partial charge >= 0.3 is 0 Å². The fourth-order valence-corrected chi connectivity index (χ4v) is 2.83. The first kappa shape index (κ1) is 18.3. The average molecular weight is 361 g/mol. The molecule has 0 aliphatic carbocycles. The van der Waals surface area contributed by atoms with Gasteiger partial charge in [0.25, 0.3) is 5.56 Å². The zero-order chi connectivity index (χ0) is 19.2. The molecule has 0 aliphatic rings. The lowest BCUT2D eigenvalue weighted by atomic mass is 10.1. The summed E-state index contributed by atoms with van der Waals surface area (Å²) in [4.78, 5) is 30.7. The molecule has 0 N–H and O–H groups in total. The smallest absolute Gasteiger partial charge is 0.275 e. The second-order valence-corrected chi connectivity index (χ2v) is 6.22. The summed E-state index contributed by atoms with van der Waals surface area (Å²) in [5, 5.41) is 14.4. The van der Waals surface area contributed by atoms with Crippen molar-refractivity contribution < 1.29 is 4.79 Å². The van der Waals surface area contributed by atoms with Crippen molar-refractivity contribution in [1.29, 1.82) is 5.26 Å². The number of benzene rings is 1. The quantitative estimate of drug-likeness (QED) is 0.667. The highest BCUT2D eigenvalue weighted by atomic mass is 16.2. The molecule has 136 valence electrons. The van der Waals surface area contributed by atoms with E-state index in [9.17, 15) is 9.59 Å². The molecule has 3 rings (SSSR count). The zero-order valence-electron chi connectivity index (χ0n) is 15.0. The monoisotopic (exact) mass is 361 g/mol. The van der Waals surface area contributed by atoms with Crippen LogP contribution in [0.15, 0.2) is 53.6 Å². The van der Waals surface area contributed by atoms with Crippen LogP contribution >= 0.6 is 0 Å². The number of hydrogen-bond donors (Lipinski definition) is 0. The lowest BCUT2D eigenvalue weighted by Crippen LogP contribution is -2.36. The number of carbonyl (C=O) groups is 1. The largest absolute Gasteiger partial charge is 0.343 e. The van der Waals surface area contributed by atoms with Crippen molar-refractivity contribution in [3.63, 3.8) is 0 Å². The minimum Gasteiger partial charge on any atom is -0.343 e. The molecule has 0 unspecified atom stereocenters.